The number of rotatable bonds is 4. The molecule has 2 N–H and O–H groups in total. The zero-order valence-corrected chi connectivity index (χ0v) is 15.5. The summed E-state index contributed by atoms with van der Waals surface area (Å²) in [7, 11) is 0. The Balaban J connectivity index is 1.49. The topological polar surface area (TPSA) is 108 Å². The lowest BCUT2D eigenvalue weighted by molar-refractivity contribution is -0.352. The molecule has 0 saturated carbocycles. The van der Waals surface area contributed by atoms with Gasteiger partial charge in [0, 0.05) is 4.47 Å². The monoisotopic (exact) mass is 440 g/mol. The molecule has 2 fully saturated rings. The zero-order chi connectivity index (χ0) is 19.0. The van der Waals surface area contributed by atoms with Gasteiger partial charge in [0.2, 0.25) is 12.6 Å². The van der Waals surface area contributed by atoms with E-state index in [0.717, 1.165) is 0 Å². The van der Waals surface area contributed by atoms with E-state index in [2.05, 4.69) is 15.9 Å². The largest absolute Gasteiger partial charge is 0.464 e. The summed E-state index contributed by atoms with van der Waals surface area (Å²) in [5.41, 5.74) is 0.283. The second-order valence-corrected chi connectivity index (χ2v) is 7.14. The average molecular weight is 441 g/mol. The van der Waals surface area contributed by atoms with Gasteiger partial charge in [-0.15, -0.1) is 0 Å². The van der Waals surface area contributed by atoms with E-state index in [4.69, 9.17) is 23.4 Å². The SMILES string of the molecule is O=Cc1cc(Br)ccc1OC1OC2COC(c3ccco3)OC2C(O)C1O. The molecule has 3 heterocycles. The van der Waals surface area contributed by atoms with Crippen molar-refractivity contribution < 1.29 is 38.4 Å². The fraction of sp³-hybridized carbons (Fsp3) is 0.389. The summed E-state index contributed by atoms with van der Waals surface area (Å²) in [5, 5.41) is 20.9. The highest BCUT2D eigenvalue weighted by molar-refractivity contribution is 9.10. The molecule has 6 unspecified atom stereocenters. The zero-order valence-electron chi connectivity index (χ0n) is 13.9. The average Bonchev–Trinajstić information content (AvgIpc) is 3.21. The highest BCUT2D eigenvalue weighted by Crippen LogP contribution is 2.35. The second kappa shape index (κ2) is 7.70. The van der Waals surface area contributed by atoms with Crippen LogP contribution in [0.2, 0.25) is 0 Å². The lowest BCUT2D eigenvalue weighted by Gasteiger charge is -2.45. The van der Waals surface area contributed by atoms with Crippen LogP contribution >= 0.6 is 15.9 Å². The summed E-state index contributed by atoms with van der Waals surface area (Å²) in [6, 6.07) is 8.24. The lowest BCUT2D eigenvalue weighted by Crippen LogP contribution is -2.62. The quantitative estimate of drug-likeness (QED) is 0.692. The Morgan fingerprint density at radius 1 is 1.19 bits per heavy atom. The van der Waals surface area contributed by atoms with Gasteiger partial charge in [-0.1, -0.05) is 15.9 Å². The van der Waals surface area contributed by atoms with Gasteiger partial charge in [-0.05, 0) is 30.3 Å². The van der Waals surface area contributed by atoms with E-state index in [-0.39, 0.29) is 17.9 Å². The summed E-state index contributed by atoms with van der Waals surface area (Å²) < 4.78 is 28.6. The lowest BCUT2D eigenvalue weighted by atomic mass is 9.98. The van der Waals surface area contributed by atoms with E-state index in [9.17, 15) is 15.0 Å². The van der Waals surface area contributed by atoms with Crippen molar-refractivity contribution in [3.05, 3.63) is 52.4 Å². The van der Waals surface area contributed by atoms with Gasteiger partial charge in [-0.2, -0.15) is 0 Å². The van der Waals surface area contributed by atoms with Crippen molar-refractivity contribution in [2.24, 2.45) is 0 Å². The first kappa shape index (κ1) is 18.6. The standard InChI is InChI=1S/C18H17BrO8/c19-10-3-4-11(9(6-10)7-20)25-18-15(22)14(21)16-13(26-18)8-24-17(27-16)12-2-1-5-23-12/h1-7,13-18,21-22H,8H2. The molecule has 0 amide bonds. The number of furan rings is 1. The number of aliphatic hydroxyl groups is 2. The minimum Gasteiger partial charge on any atom is -0.464 e. The van der Waals surface area contributed by atoms with Crippen molar-refractivity contribution in [1.82, 2.24) is 0 Å². The molecule has 144 valence electrons. The highest BCUT2D eigenvalue weighted by atomic mass is 79.9. The summed E-state index contributed by atoms with van der Waals surface area (Å²) in [4.78, 5) is 11.2. The molecular formula is C18H17BrO8. The molecule has 0 bridgehead atoms. The Hall–Kier alpha value is -1.75. The smallest absolute Gasteiger partial charge is 0.229 e. The number of benzene rings is 1. The van der Waals surface area contributed by atoms with Crippen molar-refractivity contribution in [2.45, 2.75) is 37.0 Å². The summed E-state index contributed by atoms with van der Waals surface area (Å²) >= 11 is 3.28. The number of halogens is 1. The van der Waals surface area contributed by atoms with Gasteiger partial charge in [0.25, 0.3) is 0 Å². The van der Waals surface area contributed by atoms with Crippen LogP contribution in [0.4, 0.5) is 0 Å². The number of hydrogen-bond acceptors (Lipinski definition) is 8. The van der Waals surface area contributed by atoms with Crippen LogP contribution in [-0.4, -0.2) is 53.8 Å². The Morgan fingerprint density at radius 2 is 2.04 bits per heavy atom. The van der Waals surface area contributed by atoms with E-state index in [1.807, 2.05) is 0 Å². The second-order valence-electron chi connectivity index (χ2n) is 6.22. The maximum Gasteiger partial charge on any atom is 0.229 e. The molecule has 2 aliphatic heterocycles. The van der Waals surface area contributed by atoms with E-state index < -0.39 is 37.0 Å². The number of carbonyl (C=O) groups excluding carboxylic acids is 1. The Morgan fingerprint density at radius 3 is 2.78 bits per heavy atom. The number of aldehydes is 1. The fourth-order valence-electron chi connectivity index (χ4n) is 3.09. The van der Waals surface area contributed by atoms with Crippen LogP contribution in [-0.2, 0) is 14.2 Å². The van der Waals surface area contributed by atoms with Crippen molar-refractivity contribution in [3.63, 3.8) is 0 Å². The third-order valence-electron chi connectivity index (χ3n) is 4.45. The Bertz CT molecular complexity index is 793. The molecule has 1 aromatic heterocycles. The fourth-order valence-corrected chi connectivity index (χ4v) is 3.47. The van der Waals surface area contributed by atoms with Crippen molar-refractivity contribution in [2.75, 3.05) is 6.61 Å². The van der Waals surface area contributed by atoms with Gasteiger partial charge < -0.3 is 33.6 Å². The van der Waals surface area contributed by atoms with E-state index in [1.54, 1.807) is 30.3 Å². The molecule has 9 heteroatoms. The summed E-state index contributed by atoms with van der Waals surface area (Å²) in [5.74, 6) is 0.688. The minimum absolute atomic E-state index is 0.112. The molecule has 2 aliphatic rings. The van der Waals surface area contributed by atoms with Crippen molar-refractivity contribution in [1.29, 1.82) is 0 Å². The van der Waals surface area contributed by atoms with Gasteiger partial charge in [0.15, 0.2) is 12.0 Å². The first-order valence-corrected chi connectivity index (χ1v) is 9.09. The molecule has 1 aromatic carbocycles. The minimum atomic E-state index is -1.38. The van der Waals surface area contributed by atoms with Crippen LogP contribution in [0.1, 0.15) is 22.4 Å². The molecule has 8 nitrogen and oxygen atoms in total. The predicted molar refractivity (Wildman–Crippen MR) is 93.1 cm³/mol. The summed E-state index contributed by atoms with van der Waals surface area (Å²) in [6.45, 7) is 0.112. The van der Waals surface area contributed by atoms with Crippen molar-refractivity contribution >= 4 is 22.2 Å². The molecule has 6 atom stereocenters. The van der Waals surface area contributed by atoms with Gasteiger partial charge >= 0.3 is 0 Å². The molecule has 2 aromatic rings. The van der Waals surface area contributed by atoms with Gasteiger partial charge in [-0.3, -0.25) is 4.79 Å². The normalized spacial score (nSPS) is 33.3. The van der Waals surface area contributed by atoms with Gasteiger partial charge in [-0.25, -0.2) is 0 Å². The molecule has 0 spiro atoms. The third-order valence-corrected chi connectivity index (χ3v) is 4.94. The first-order chi connectivity index (χ1) is 13.1. The van der Waals surface area contributed by atoms with E-state index >= 15 is 0 Å². The Labute approximate surface area is 162 Å². The first-order valence-electron chi connectivity index (χ1n) is 8.30. The van der Waals surface area contributed by atoms with Gasteiger partial charge in [0.1, 0.15) is 30.2 Å². The van der Waals surface area contributed by atoms with Crippen LogP contribution in [0.15, 0.2) is 45.5 Å². The third kappa shape index (κ3) is 3.66. The number of hydrogen-bond donors (Lipinski definition) is 2. The summed E-state index contributed by atoms with van der Waals surface area (Å²) in [6.07, 6.45) is -3.99. The van der Waals surface area contributed by atoms with E-state index in [0.29, 0.717) is 16.5 Å². The maximum atomic E-state index is 11.2. The molecule has 2 saturated heterocycles. The van der Waals surface area contributed by atoms with Crippen LogP contribution < -0.4 is 4.74 Å². The highest BCUT2D eigenvalue weighted by Gasteiger charge is 2.50. The molecule has 27 heavy (non-hydrogen) atoms. The number of aliphatic hydroxyl groups excluding tert-OH is 2. The number of fused-ring (bicyclic) bond motifs is 1. The van der Waals surface area contributed by atoms with Crippen molar-refractivity contribution in [3.8, 4) is 5.75 Å². The molecule has 0 radical (unpaired) electrons. The van der Waals surface area contributed by atoms with Crippen LogP contribution in [0, 0.1) is 0 Å². The number of carbonyl (C=O) groups is 1. The van der Waals surface area contributed by atoms with Crippen LogP contribution in [0.25, 0.3) is 0 Å². The van der Waals surface area contributed by atoms with E-state index in [1.165, 1.54) is 6.26 Å². The van der Waals surface area contributed by atoms with Crippen LogP contribution in [0.3, 0.4) is 0 Å². The van der Waals surface area contributed by atoms with Crippen LogP contribution in [0.5, 0.6) is 5.75 Å². The predicted octanol–water partition coefficient (Wildman–Crippen LogP) is 1.79. The van der Waals surface area contributed by atoms with Gasteiger partial charge in [0.05, 0.1) is 18.4 Å². The number of ether oxygens (including phenoxy) is 4. The Kier molecular flexibility index (Phi) is 5.31. The molecule has 4 rings (SSSR count). The molecule has 0 aliphatic carbocycles. The molecular weight excluding hydrogens is 424 g/mol. The maximum absolute atomic E-state index is 11.2.